The number of cyclic esters (lactones) is 2. The maximum absolute atomic E-state index is 13.0. The zero-order valence-electron chi connectivity index (χ0n) is 37.9. The number of hydrogen-bond donors (Lipinski definition) is 0. The lowest BCUT2D eigenvalue weighted by Gasteiger charge is -2.28. The van der Waals surface area contributed by atoms with Crippen LogP contribution in [0.1, 0.15) is 82.8 Å². The van der Waals surface area contributed by atoms with Gasteiger partial charge in [-0.2, -0.15) is 0 Å². The Kier molecular flexibility index (Phi) is 11.3. The Hall–Kier alpha value is -6.42. The zero-order chi connectivity index (χ0) is 45.9. The van der Waals surface area contributed by atoms with Crippen molar-refractivity contribution in [2.45, 2.75) is 65.2 Å². The molecule has 0 spiro atoms. The Labute approximate surface area is 412 Å². The molecule has 4 nitrogen and oxygen atoms in total. The standard InChI is InChI=1S/C60H47NO3S4/c1-3-5-7-10-40-22-30-52(65-40)54-34-32-50(67-54)36-14-18-38(19-15-36)61(39-20-16-37(17-21-39)51-33-35-55(68-51)53-31-23-41(66-53)11-8-6-4-2)49-29-28-43-45-25-27-48-58-47(59(62)64-60(48)63)26-24-44(57(45)58)42-12-9-13-46(49)56(42)43/h9,12-35H,3-8,10-11H2,1-2H3. The van der Waals surface area contributed by atoms with Crippen LogP contribution in [-0.2, 0) is 17.6 Å². The molecular weight excluding hydrogens is 911 g/mol. The molecule has 68 heavy (non-hydrogen) atoms. The second kappa shape index (κ2) is 17.9. The smallest absolute Gasteiger partial charge is 0.346 e. The minimum absolute atomic E-state index is 0.431. The van der Waals surface area contributed by atoms with E-state index in [1.165, 1.54) is 88.7 Å². The molecule has 334 valence electrons. The lowest BCUT2D eigenvalue weighted by molar-refractivity contribution is 0.0391. The molecular formula is C60H47NO3S4. The molecule has 1 aliphatic rings. The minimum atomic E-state index is -0.596. The van der Waals surface area contributed by atoms with E-state index in [1.54, 1.807) is 0 Å². The van der Waals surface area contributed by atoms with Gasteiger partial charge in [0, 0.05) is 61.2 Å². The second-order valence-corrected chi connectivity index (χ2v) is 22.3. The first-order valence-electron chi connectivity index (χ1n) is 23.8. The number of carbonyl (C=O) groups is 2. The van der Waals surface area contributed by atoms with E-state index < -0.39 is 11.9 Å². The molecule has 12 rings (SSSR count). The van der Waals surface area contributed by atoms with E-state index in [0.29, 0.717) is 16.5 Å². The molecule has 5 heterocycles. The van der Waals surface area contributed by atoms with Crippen LogP contribution in [0.5, 0.6) is 0 Å². The van der Waals surface area contributed by atoms with Gasteiger partial charge in [-0.3, -0.25) is 0 Å². The molecule has 0 fully saturated rings. The largest absolute Gasteiger partial charge is 0.386 e. The minimum Gasteiger partial charge on any atom is -0.386 e. The van der Waals surface area contributed by atoms with Gasteiger partial charge in [0.05, 0.1) is 16.8 Å². The van der Waals surface area contributed by atoms with Crippen LogP contribution in [0, 0.1) is 0 Å². The fourth-order valence-electron chi connectivity index (χ4n) is 10.1. The van der Waals surface area contributed by atoms with Gasteiger partial charge in [-0.05, 0) is 160 Å². The van der Waals surface area contributed by atoms with Crippen molar-refractivity contribution in [1.29, 1.82) is 0 Å². The van der Waals surface area contributed by atoms with Crippen molar-refractivity contribution >= 4 is 117 Å². The summed E-state index contributed by atoms with van der Waals surface area (Å²) in [6, 6.07) is 55.0. The summed E-state index contributed by atoms with van der Waals surface area (Å²) in [5.41, 5.74) is 6.44. The van der Waals surface area contributed by atoms with Crippen LogP contribution >= 0.6 is 45.3 Å². The highest BCUT2D eigenvalue weighted by atomic mass is 32.1. The first-order chi connectivity index (χ1) is 33.4. The van der Waals surface area contributed by atoms with Crippen molar-refractivity contribution in [3.05, 3.63) is 173 Å². The zero-order valence-corrected chi connectivity index (χ0v) is 41.2. The monoisotopic (exact) mass is 957 g/mol. The molecule has 0 N–H and O–H groups in total. The molecule has 0 atom stereocenters. The maximum Gasteiger partial charge on any atom is 0.346 e. The molecule has 0 bridgehead atoms. The highest BCUT2D eigenvalue weighted by molar-refractivity contribution is 7.24. The molecule has 7 aromatic carbocycles. The Balaban J connectivity index is 0.941. The molecule has 0 aliphatic carbocycles. The SMILES string of the molecule is CCCCCc1ccc(-c2ccc(-c3ccc(N(c4ccc(-c5ccc(-c6ccc(CCCCC)s6)s5)cc4)c4ccc5c6ccc7c8c(ccc(c9cccc4c95)c86)C(=O)OC7=O)cc3)s2)s1. The quantitative estimate of drug-likeness (QED) is 0.0338. The Morgan fingerprint density at radius 1 is 0.397 bits per heavy atom. The van der Waals surface area contributed by atoms with Crippen LogP contribution in [0.2, 0.25) is 0 Å². The van der Waals surface area contributed by atoms with Crippen molar-refractivity contribution < 1.29 is 14.3 Å². The third-order valence-electron chi connectivity index (χ3n) is 13.5. The van der Waals surface area contributed by atoms with Gasteiger partial charge in [0.2, 0.25) is 0 Å². The molecule has 1 aliphatic heterocycles. The second-order valence-electron chi connectivity index (χ2n) is 17.8. The number of esters is 2. The van der Waals surface area contributed by atoms with E-state index in [9.17, 15) is 9.59 Å². The number of unbranched alkanes of at least 4 members (excludes halogenated alkanes) is 4. The average molecular weight is 958 g/mol. The summed E-state index contributed by atoms with van der Waals surface area (Å²) >= 11 is 7.58. The van der Waals surface area contributed by atoms with Gasteiger partial charge in [-0.1, -0.05) is 100 Å². The fraction of sp³-hybridized carbons (Fsp3) is 0.167. The summed E-state index contributed by atoms with van der Waals surface area (Å²) in [6.07, 6.45) is 9.86. The van der Waals surface area contributed by atoms with Crippen LogP contribution in [0.4, 0.5) is 17.1 Å². The number of nitrogens with zero attached hydrogens (tertiary/aromatic N) is 1. The predicted octanol–water partition coefficient (Wildman–Crippen LogP) is 18.9. The van der Waals surface area contributed by atoms with Gasteiger partial charge in [0.25, 0.3) is 0 Å². The van der Waals surface area contributed by atoms with Crippen LogP contribution in [0.15, 0.2) is 152 Å². The van der Waals surface area contributed by atoms with Crippen LogP contribution in [-0.4, -0.2) is 11.9 Å². The molecule has 0 radical (unpaired) electrons. The van der Waals surface area contributed by atoms with E-state index in [1.807, 2.05) is 69.6 Å². The Morgan fingerprint density at radius 3 is 1.37 bits per heavy atom. The van der Waals surface area contributed by atoms with Crippen LogP contribution in [0.25, 0.3) is 83.5 Å². The third kappa shape index (κ3) is 7.55. The highest BCUT2D eigenvalue weighted by Gasteiger charge is 2.30. The molecule has 0 unspecified atom stereocenters. The number of anilines is 3. The summed E-state index contributed by atoms with van der Waals surface area (Å²) in [4.78, 5) is 39.1. The van der Waals surface area contributed by atoms with E-state index in [2.05, 4.69) is 146 Å². The molecule has 11 aromatic rings. The molecule has 0 saturated carbocycles. The van der Waals surface area contributed by atoms with Crippen molar-refractivity contribution in [2.24, 2.45) is 0 Å². The lowest BCUT2D eigenvalue weighted by Crippen LogP contribution is -2.19. The number of thiophene rings is 4. The van der Waals surface area contributed by atoms with E-state index in [4.69, 9.17) is 4.74 Å². The number of fused-ring (bicyclic) bond motifs is 2. The first-order valence-corrected chi connectivity index (χ1v) is 27.0. The summed E-state index contributed by atoms with van der Waals surface area (Å²) < 4.78 is 5.14. The summed E-state index contributed by atoms with van der Waals surface area (Å²) in [6.45, 7) is 4.52. The Morgan fingerprint density at radius 2 is 0.838 bits per heavy atom. The van der Waals surface area contributed by atoms with Crippen molar-refractivity contribution in [3.8, 4) is 40.4 Å². The molecule has 4 aromatic heterocycles. The van der Waals surface area contributed by atoms with Crippen LogP contribution < -0.4 is 4.90 Å². The first kappa shape index (κ1) is 42.9. The van der Waals surface area contributed by atoms with E-state index in [0.717, 1.165) is 67.6 Å². The van der Waals surface area contributed by atoms with Gasteiger partial charge < -0.3 is 9.64 Å². The van der Waals surface area contributed by atoms with Gasteiger partial charge >= 0.3 is 11.9 Å². The third-order valence-corrected chi connectivity index (χ3v) is 18.5. The number of ether oxygens (including phenoxy) is 1. The van der Waals surface area contributed by atoms with Gasteiger partial charge in [-0.25, -0.2) is 9.59 Å². The number of aryl methyl sites for hydroxylation is 2. The number of benzene rings is 7. The average Bonchev–Trinajstić information content (AvgIpc) is 4.22. The van der Waals surface area contributed by atoms with Gasteiger partial charge in [0.1, 0.15) is 0 Å². The predicted molar refractivity (Wildman–Crippen MR) is 292 cm³/mol. The lowest BCUT2D eigenvalue weighted by atomic mass is 9.85. The normalized spacial score (nSPS) is 12.6. The fourth-order valence-corrected chi connectivity index (χ4v) is 14.4. The molecule has 0 saturated heterocycles. The van der Waals surface area contributed by atoms with Crippen LogP contribution in [0.3, 0.4) is 0 Å². The maximum atomic E-state index is 13.0. The van der Waals surface area contributed by atoms with Crippen molar-refractivity contribution in [2.75, 3.05) is 4.90 Å². The summed E-state index contributed by atoms with van der Waals surface area (Å²) in [5, 5.41) is 8.03. The van der Waals surface area contributed by atoms with Crippen molar-refractivity contribution in [3.63, 3.8) is 0 Å². The number of rotatable bonds is 15. The van der Waals surface area contributed by atoms with E-state index in [-0.39, 0.29) is 0 Å². The number of hydrogen-bond acceptors (Lipinski definition) is 8. The highest BCUT2D eigenvalue weighted by Crippen LogP contribution is 2.49. The van der Waals surface area contributed by atoms with Gasteiger partial charge in [-0.15, -0.1) is 45.3 Å². The Bertz CT molecular complexity index is 3480. The number of carbonyl (C=O) groups excluding carboxylic acids is 2. The van der Waals surface area contributed by atoms with E-state index >= 15 is 0 Å². The van der Waals surface area contributed by atoms with Gasteiger partial charge in [0.15, 0.2) is 0 Å². The summed E-state index contributed by atoms with van der Waals surface area (Å²) in [7, 11) is 0. The van der Waals surface area contributed by atoms with Crippen molar-refractivity contribution in [1.82, 2.24) is 0 Å². The molecule has 0 amide bonds. The molecule has 8 heteroatoms. The topological polar surface area (TPSA) is 46.6 Å². The summed E-state index contributed by atoms with van der Waals surface area (Å²) in [5.74, 6) is -1.19.